The van der Waals surface area contributed by atoms with Crippen molar-refractivity contribution in [2.45, 2.75) is 18.9 Å². The summed E-state index contributed by atoms with van der Waals surface area (Å²) in [5, 5.41) is 7.25. The number of carbonyl (C=O) groups excluding carboxylic acids is 1. The summed E-state index contributed by atoms with van der Waals surface area (Å²) >= 11 is 0. The lowest BCUT2D eigenvalue weighted by Gasteiger charge is -2.15. The standard InChI is InChI=1S/C17H22N4O2/c1-20(13-3-4-13)12-10-18-17(22)16-9-11-21(19-16)14-5-7-15(23-2)8-6-14/h5-9,11,13H,3-4,10,12H2,1-2H3,(H,18,22). The number of aromatic nitrogens is 2. The van der Waals surface area contributed by atoms with Crippen LogP contribution < -0.4 is 10.1 Å². The summed E-state index contributed by atoms with van der Waals surface area (Å²) in [5.74, 6) is 0.653. The summed E-state index contributed by atoms with van der Waals surface area (Å²) in [4.78, 5) is 14.4. The van der Waals surface area contributed by atoms with Crippen LogP contribution in [0.15, 0.2) is 36.5 Å². The Morgan fingerprint density at radius 3 is 2.74 bits per heavy atom. The van der Waals surface area contributed by atoms with Crippen molar-refractivity contribution in [3.8, 4) is 11.4 Å². The van der Waals surface area contributed by atoms with Crippen LogP contribution in [0, 0.1) is 0 Å². The third kappa shape index (κ3) is 3.90. The minimum absolute atomic E-state index is 0.138. The quantitative estimate of drug-likeness (QED) is 0.845. The molecule has 0 bridgehead atoms. The molecule has 1 fully saturated rings. The van der Waals surface area contributed by atoms with Crippen LogP contribution in [0.25, 0.3) is 5.69 Å². The zero-order chi connectivity index (χ0) is 16.2. The van der Waals surface area contributed by atoms with Crippen molar-refractivity contribution >= 4 is 5.91 Å². The molecule has 0 unspecified atom stereocenters. The maximum atomic E-state index is 12.1. The van der Waals surface area contributed by atoms with E-state index in [0.29, 0.717) is 18.3 Å². The Balaban J connectivity index is 1.55. The van der Waals surface area contributed by atoms with Gasteiger partial charge in [-0.3, -0.25) is 4.79 Å². The first kappa shape index (κ1) is 15.6. The highest BCUT2D eigenvalue weighted by Crippen LogP contribution is 2.24. The van der Waals surface area contributed by atoms with Crippen molar-refractivity contribution in [1.29, 1.82) is 0 Å². The van der Waals surface area contributed by atoms with Crippen LogP contribution in [0.2, 0.25) is 0 Å². The van der Waals surface area contributed by atoms with Crippen LogP contribution in [0.4, 0.5) is 0 Å². The summed E-state index contributed by atoms with van der Waals surface area (Å²) in [6.07, 6.45) is 4.33. The van der Waals surface area contributed by atoms with E-state index in [0.717, 1.165) is 18.0 Å². The van der Waals surface area contributed by atoms with Crippen LogP contribution in [0.3, 0.4) is 0 Å². The predicted octanol–water partition coefficient (Wildman–Crippen LogP) is 1.70. The smallest absolute Gasteiger partial charge is 0.271 e. The number of methoxy groups -OCH3 is 1. The summed E-state index contributed by atoms with van der Waals surface area (Å²) in [6, 6.07) is 9.97. The highest BCUT2D eigenvalue weighted by molar-refractivity contribution is 5.92. The lowest BCUT2D eigenvalue weighted by atomic mass is 10.3. The maximum absolute atomic E-state index is 12.1. The number of amides is 1. The van der Waals surface area contributed by atoms with Crippen molar-refractivity contribution in [1.82, 2.24) is 20.0 Å². The SMILES string of the molecule is COc1ccc(-n2ccc(C(=O)NCCN(C)C3CC3)n2)cc1. The van der Waals surface area contributed by atoms with Gasteiger partial charge in [0.25, 0.3) is 5.91 Å². The number of rotatable bonds is 7. The molecule has 6 nitrogen and oxygen atoms in total. The Morgan fingerprint density at radius 2 is 2.09 bits per heavy atom. The lowest BCUT2D eigenvalue weighted by molar-refractivity contribution is 0.0944. The number of ether oxygens (including phenoxy) is 1. The van der Waals surface area contributed by atoms with Crippen molar-refractivity contribution in [3.05, 3.63) is 42.2 Å². The van der Waals surface area contributed by atoms with Gasteiger partial charge in [0.05, 0.1) is 12.8 Å². The molecule has 1 aromatic heterocycles. The molecule has 0 spiro atoms. The molecular weight excluding hydrogens is 292 g/mol. The van der Waals surface area contributed by atoms with E-state index in [-0.39, 0.29) is 5.91 Å². The highest BCUT2D eigenvalue weighted by atomic mass is 16.5. The first-order chi connectivity index (χ1) is 11.2. The molecule has 1 amide bonds. The Kier molecular flexibility index (Phi) is 4.62. The van der Waals surface area contributed by atoms with E-state index in [4.69, 9.17) is 4.74 Å². The average Bonchev–Trinajstić information content (AvgIpc) is 3.31. The van der Waals surface area contributed by atoms with E-state index in [1.807, 2.05) is 24.3 Å². The first-order valence-electron chi connectivity index (χ1n) is 7.86. The second kappa shape index (κ2) is 6.83. The fraction of sp³-hybridized carbons (Fsp3) is 0.412. The van der Waals surface area contributed by atoms with E-state index in [9.17, 15) is 4.79 Å². The fourth-order valence-electron chi connectivity index (χ4n) is 2.46. The summed E-state index contributed by atoms with van der Waals surface area (Å²) in [7, 11) is 3.73. The zero-order valence-electron chi connectivity index (χ0n) is 13.5. The van der Waals surface area contributed by atoms with Gasteiger partial charge in [0.2, 0.25) is 0 Å². The molecular formula is C17H22N4O2. The maximum Gasteiger partial charge on any atom is 0.271 e. The molecule has 1 aliphatic carbocycles. The van der Waals surface area contributed by atoms with Gasteiger partial charge in [0, 0.05) is 25.3 Å². The third-order valence-corrected chi connectivity index (χ3v) is 4.08. The minimum atomic E-state index is -0.138. The molecule has 1 N–H and O–H groups in total. The van der Waals surface area contributed by atoms with Gasteiger partial charge in [-0.25, -0.2) is 4.68 Å². The van der Waals surface area contributed by atoms with Crippen molar-refractivity contribution < 1.29 is 9.53 Å². The largest absolute Gasteiger partial charge is 0.497 e. The van der Waals surface area contributed by atoms with Gasteiger partial charge >= 0.3 is 0 Å². The average molecular weight is 314 g/mol. The van der Waals surface area contributed by atoms with E-state index in [2.05, 4.69) is 22.4 Å². The number of nitrogens with one attached hydrogen (secondary N) is 1. The van der Waals surface area contributed by atoms with Gasteiger partial charge in [-0.1, -0.05) is 0 Å². The van der Waals surface area contributed by atoms with Gasteiger partial charge in [-0.05, 0) is 50.2 Å². The topological polar surface area (TPSA) is 59.4 Å². The molecule has 0 atom stereocenters. The molecule has 0 aliphatic heterocycles. The Morgan fingerprint density at radius 1 is 1.35 bits per heavy atom. The molecule has 1 aromatic carbocycles. The van der Waals surface area contributed by atoms with Crippen LogP contribution in [-0.4, -0.2) is 53.9 Å². The summed E-state index contributed by atoms with van der Waals surface area (Å²) in [5.41, 5.74) is 1.31. The molecule has 3 rings (SSSR count). The lowest BCUT2D eigenvalue weighted by Crippen LogP contribution is -2.34. The number of likely N-dealkylation sites (N-methyl/N-ethyl adjacent to an activating group) is 1. The zero-order valence-corrected chi connectivity index (χ0v) is 13.5. The Hall–Kier alpha value is -2.34. The molecule has 122 valence electrons. The highest BCUT2D eigenvalue weighted by Gasteiger charge is 2.25. The molecule has 6 heteroatoms. The predicted molar refractivity (Wildman–Crippen MR) is 88.1 cm³/mol. The van der Waals surface area contributed by atoms with Gasteiger partial charge in [0.1, 0.15) is 5.75 Å². The number of carbonyl (C=O) groups is 1. The molecule has 23 heavy (non-hydrogen) atoms. The molecule has 0 saturated heterocycles. The van der Waals surface area contributed by atoms with Gasteiger partial charge in [0.15, 0.2) is 5.69 Å². The fourth-order valence-corrected chi connectivity index (χ4v) is 2.46. The van der Waals surface area contributed by atoms with Crippen LogP contribution in [0.1, 0.15) is 23.3 Å². The van der Waals surface area contributed by atoms with Crippen molar-refractivity contribution in [2.24, 2.45) is 0 Å². The first-order valence-corrected chi connectivity index (χ1v) is 7.86. The normalized spacial score (nSPS) is 14.0. The Labute approximate surface area is 136 Å². The number of nitrogens with zero attached hydrogens (tertiary/aromatic N) is 3. The van der Waals surface area contributed by atoms with E-state index >= 15 is 0 Å². The van der Waals surface area contributed by atoms with Crippen molar-refractivity contribution in [2.75, 3.05) is 27.2 Å². The van der Waals surface area contributed by atoms with Gasteiger partial charge in [-0.2, -0.15) is 5.10 Å². The number of hydrogen-bond acceptors (Lipinski definition) is 4. The second-order valence-electron chi connectivity index (χ2n) is 5.81. The summed E-state index contributed by atoms with van der Waals surface area (Å²) in [6.45, 7) is 1.51. The molecule has 1 saturated carbocycles. The summed E-state index contributed by atoms with van der Waals surface area (Å²) < 4.78 is 6.82. The van der Waals surface area contributed by atoms with Crippen LogP contribution >= 0.6 is 0 Å². The van der Waals surface area contributed by atoms with Crippen LogP contribution in [-0.2, 0) is 0 Å². The molecule has 2 aromatic rings. The van der Waals surface area contributed by atoms with Gasteiger partial charge in [-0.15, -0.1) is 0 Å². The molecule has 1 heterocycles. The molecule has 1 aliphatic rings. The van der Waals surface area contributed by atoms with E-state index in [1.165, 1.54) is 12.8 Å². The minimum Gasteiger partial charge on any atom is -0.497 e. The van der Waals surface area contributed by atoms with E-state index in [1.54, 1.807) is 24.1 Å². The second-order valence-corrected chi connectivity index (χ2v) is 5.81. The number of hydrogen-bond donors (Lipinski definition) is 1. The van der Waals surface area contributed by atoms with Crippen molar-refractivity contribution in [3.63, 3.8) is 0 Å². The van der Waals surface area contributed by atoms with Gasteiger partial charge < -0.3 is 15.0 Å². The monoisotopic (exact) mass is 314 g/mol. The Bertz CT molecular complexity index is 661. The van der Waals surface area contributed by atoms with Crippen LogP contribution in [0.5, 0.6) is 5.75 Å². The number of benzene rings is 1. The third-order valence-electron chi connectivity index (χ3n) is 4.08. The molecule has 0 radical (unpaired) electrons. The van der Waals surface area contributed by atoms with E-state index < -0.39 is 0 Å².